The Kier molecular flexibility index (Phi) is 18.1. The van der Waals surface area contributed by atoms with Crippen molar-refractivity contribution < 1.29 is 32.7 Å². The van der Waals surface area contributed by atoms with E-state index >= 15 is 0 Å². The minimum atomic E-state index is -0.870. The Hall–Kier alpha value is -0.660. The molecule has 0 aromatic carbocycles. The van der Waals surface area contributed by atoms with Gasteiger partial charge in [-0.15, -0.1) is 0 Å². The molecule has 0 saturated carbocycles. The highest BCUT2D eigenvalue weighted by atomic mass is 32.2. The van der Waals surface area contributed by atoms with E-state index in [9.17, 15) is 9.00 Å². The van der Waals surface area contributed by atoms with Crippen LogP contribution in [0.15, 0.2) is 0 Å². The van der Waals surface area contributed by atoms with Crippen molar-refractivity contribution in [1.82, 2.24) is 14.5 Å². The Balaban J connectivity index is 1.78. The molecule has 1 saturated heterocycles. The summed E-state index contributed by atoms with van der Waals surface area (Å²) >= 11 is 0. The number of rotatable bonds is 20. The standard InChI is InChI=1S/C22H45N3O7S/c1-20(2)32-19-22(26)23-5-11-28-13-15-30-17-18-31-16-14-29-12-10-24-6-8-25(9-7-24)33(27)21(3)4/h20-21H,5-19H2,1-4H3,(H,23,26). The van der Waals surface area contributed by atoms with Gasteiger partial charge in [-0.05, 0) is 27.7 Å². The second-order valence-corrected chi connectivity index (χ2v) is 10.3. The summed E-state index contributed by atoms with van der Waals surface area (Å²) in [6.45, 7) is 17.0. The van der Waals surface area contributed by atoms with Crippen LogP contribution < -0.4 is 5.32 Å². The van der Waals surface area contributed by atoms with E-state index in [1.807, 2.05) is 27.7 Å². The first-order valence-corrected chi connectivity index (χ1v) is 13.1. The second kappa shape index (κ2) is 19.6. The van der Waals surface area contributed by atoms with Crippen molar-refractivity contribution in [3.05, 3.63) is 0 Å². The number of ether oxygens (including phenoxy) is 5. The molecule has 33 heavy (non-hydrogen) atoms. The SMILES string of the molecule is CC(C)OCC(=O)NCCOCCOCCOCCOCCN1CCN(S(=O)C(C)C)CC1. The first kappa shape index (κ1) is 30.4. The van der Waals surface area contributed by atoms with E-state index in [2.05, 4.69) is 14.5 Å². The van der Waals surface area contributed by atoms with E-state index in [0.29, 0.717) is 59.4 Å². The van der Waals surface area contributed by atoms with Gasteiger partial charge in [-0.1, -0.05) is 0 Å². The average Bonchev–Trinajstić information content (AvgIpc) is 2.80. The van der Waals surface area contributed by atoms with Gasteiger partial charge in [-0.25, -0.2) is 8.51 Å². The van der Waals surface area contributed by atoms with Crippen LogP contribution in [0.1, 0.15) is 27.7 Å². The Morgan fingerprint density at radius 3 is 1.85 bits per heavy atom. The van der Waals surface area contributed by atoms with Gasteiger partial charge in [-0.2, -0.15) is 0 Å². The van der Waals surface area contributed by atoms with Gasteiger partial charge in [-0.3, -0.25) is 9.69 Å². The van der Waals surface area contributed by atoms with Crippen LogP contribution in [0.5, 0.6) is 0 Å². The van der Waals surface area contributed by atoms with E-state index < -0.39 is 11.0 Å². The van der Waals surface area contributed by atoms with Crippen LogP contribution >= 0.6 is 0 Å². The molecule has 1 rings (SSSR count). The average molecular weight is 496 g/mol. The first-order chi connectivity index (χ1) is 15.9. The quantitative estimate of drug-likeness (QED) is 0.241. The zero-order valence-electron chi connectivity index (χ0n) is 20.9. The Bertz CT molecular complexity index is 518. The summed E-state index contributed by atoms with van der Waals surface area (Å²) in [5.74, 6) is -0.136. The maximum atomic E-state index is 12.1. The molecule has 1 heterocycles. The lowest BCUT2D eigenvalue weighted by molar-refractivity contribution is -0.127. The first-order valence-electron chi connectivity index (χ1n) is 12.0. The molecule has 0 spiro atoms. The van der Waals surface area contributed by atoms with Crippen molar-refractivity contribution in [3.63, 3.8) is 0 Å². The summed E-state index contributed by atoms with van der Waals surface area (Å²) < 4.78 is 41.4. The van der Waals surface area contributed by atoms with Crippen LogP contribution in [0, 0.1) is 0 Å². The molecule has 11 heteroatoms. The molecule has 1 aliphatic rings. The third-order valence-corrected chi connectivity index (χ3v) is 6.45. The Labute approximate surface area is 202 Å². The lowest BCUT2D eigenvalue weighted by Crippen LogP contribution is -2.48. The normalized spacial score (nSPS) is 16.5. The zero-order chi connectivity index (χ0) is 24.3. The third kappa shape index (κ3) is 16.6. The highest BCUT2D eigenvalue weighted by Gasteiger charge is 2.22. The maximum Gasteiger partial charge on any atom is 0.246 e. The van der Waals surface area contributed by atoms with Gasteiger partial charge >= 0.3 is 0 Å². The van der Waals surface area contributed by atoms with Gasteiger partial charge in [0.2, 0.25) is 5.91 Å². The topological polar surface area (TPSA) is 98.8 Å². The second-order valence-electron chi connectivity index (χ2n) is 8.25. The number of nitrogens with zero attached hydrogens (tertiary/aromatic N) is 2. The van der Waals surface area contributed by atoms with Crippen molar-refractivity contribution in [3.8, 4) is 0 Å². The summed E-state index contributed by atoms with van der Waals surface area (Å²) in [4.78, 5) is 13.8. The molecule has 10 nitrogen and oxygen atoms in total. The fraction of sp³-hybridized carbons (Fsp3) is 0.955. The lowest BCUT2D eigenvalue weighted by Gasteiger charge is -2.34. The molecular weight excluding hydrogens is 450 g/mol. The van der Waals surface area contributed by atoms with E-state index in [1.165, 1.54) is 0 Å². The monoisotopic (exact) mass is 495 g/mol. The molecule has 0 bridgehead atoms. The van der Waals surface area contributed by atoms with E-state index in [-0.39, 0.29) is 23.9 Å². The van der Waals surface area contributed by atoms with Crippen LogP contribution in [-0.4, -0.2) is 129 Å². The van der Waals surface area contributed by atoms with Crippen molar-refractivity contribution in [2.24, 2.45) is 0 Å². The van der Waals surface area contributed by atoms with Gasteiger partial charge in [0.15, 0.2) is 0 Å². The van der Waals surface area contributed by atoms with Crippen LogP contribution in [0.3, 0.4) is 0 Å². The minimum absolute atomic E-state index is 0.0439. The van der Waals surface area contributed by atoms with E-state index in [1.54, 1.807) is 0 Å². The summed E-state index contributed by atoms with van der Waals surface area (Å²) in [6.07, 6.45) is 0.0439. The molecular formula is C22H45N3O7S. The molecule has 1 amide bonds. The third-order valence-electron chi connectivity index (χ3n) is 4.77. The van der Waals surface area contributed by atoms with Crippen LogP contribution in [-0.2, 0) is 39.5 Å². The van der Waals surface area contributed by atoms with Gasteiger partial charge in [0.25, 0.3) is 0 Å². The van der Waals surface area contributed by atoms with Crippen molar-refractivity contribution in [2.45, 2.75) is 39.0 Å². The van der Waals surface area contributed by atoms with Crippen molar-refractivity contribution in [2.75, 3.05) is 98.7 Å². The smallest absolute Gasteiger partial charge is 0.246 e. The van der Waals surface area contributed by atoms with Gasteiger partial charge < -0.3 is 29.0 Å². The fourth-order valence-electron chi connectivity index (χ4n) is 2.94. The largest absolute Gasteiger partial charge is 0.378 e. The van der Waals surface area contributed by atoms with Gasteiger partial charge in [0.05, 0.1) is 69.9 Å². The molecule has 0 aromatic heterocycles. The van der Waals surface area contributed by atoms with Crippen LogP contribution in [0.2, 0.25) is 0 Å². The molecule has 0 aromatic rings. The Morgan fingerprint density at radius 2 is 1.33 bits per heavy atom. The molecule has 0 aliphatic carbocycles. The predicted octanol–water partition coefficient (Wildman–Crippen LogP) is 0.284. The van der Waals surface area contributed by atoms with Crippen molar-refractivity contribution >= 4 is 16.9 Å². The number of piperazine rings is 1. The number of hydrogen-bond acceptors (Lipinski definition) is 8. The molecule has 1 atom stereocenters. The maximum absolute atomic E-state index is 12.1. The number of nitrogens with one attached hydrogen (secondary N) is 1. The molecule has 1 aliphatic heterocycles. The zero-order valence-corrected chi connectivity index (χ0v) is 21.7. The number of amides is 1. The Morgan fingerprint density at radius 1 is 0.818 bits per heavy atom. The highest BCUT2D eigenvalue weighted by molar-refractivity contribution is 7.83. The fourth-order valence-corrected chi connectivity index (χ4v) is 4.06. The summed E-state index contributed by atoms with van der Waals surface area (Å²) in [6, 6.07) is 0. The highest BCUT2D eigenvalue weighted by Crippen LogP contribution is 2.08. The van der Waals surface area contributed by atoms with Gasteiger partial charge in [0, 0.05) is 44.5 Å². The summed E-state index contributed by atoms with van der Waals surface area (Å²) in [5, 5.41) is 2.91. The van der Waals surface area contributed by atoms with Crippen LogP contribution in [0.25, 0.3) is 0 Å². The molecule has 1 unspecified atom stereocenters. The van der Waals surface area contributed by atoms with E-state index in [0.717, 1.165) is 32.7 Å². The molecule has 1 fully saturated rings. The number of carbonyl (C=O) groups is 1. The summed E-state index contributed by atoms with van der Waals surface area (Å²) in [7, 11) is -0.870. The lowest BCUT2D eigenvalue weighted by atomic mass is 10.3. The van der Waals surface area contributed by atoms with Crippen LogP contribution in [0.4, 0.5) is 0 Å². The molecule has 1 N–H and O–H groups in total. The van der Waals surface area contributed by atoms with E-state index in [4.69, 9.17) is 23.7 Å². The predicted molar refractivity (Wildman–Crippen MR) is 129 cm³/mol. The van der Waals surface area contributed by atoms with Gasteiger partial charge in [0.1, 0.15) is 6.61 Å². The summed E-state index contributed by atoms with van der Waals surface area (Å²) in [5.41, 5.74) is 0. The number of carbonyl (C=O) groups excluding carboxylic acids is 1. The molecule has 0 radical (unpaired) electrons. The number of hydrogen-bond donors (Lipinski definition) is 1. The molecule has 196 valence electrons. The van der Waals surface area contributed by atoms with Crippen molar-refractivity contribution in [1.29, 1.82) is 0 Å². The minimum Gasteiger partial charge on any atom is -0.378 e.